The highest BCUT2D eigenvalue weighted by Gasteiger charge is 2.30. The van der Waals surface area contributed by atoms with Gasteiger partial charge in [-0.15, -0.1) is 12.4 Å². The van der Waals surface area contributed by atoms with Crippen molar-refractivity contribution >= 4 is 18.3 Å². The lowest BCUT2D eigenvalue weighted by Gasteiger charge is -2.34. The highest BCUT2D eigenvalue weighted by Crippen LogP contribution is 2.20. The molecule has 2 unspecified atom stereocenters. The standard InChI is InChI=1S/C16H24N2O.ClH/c1-12(14-7-5-4-6-8-14)11-18(3)16(19)13(2)15-9-17-10-15;/h4-8,12-13,15,17H,9-11H2,1-3H3;1H. The van der Waals surface area contributed by atoms with Gasteiger partial charge in [-0.1, -0.05) is 44.2 Å². The maximum atomic E-state index is 12.3. The molecule has 1 N–H and O–H groups in total. The topological polar surface area (TPSA) is 32.3 Å². The minimum Gasteiger partial charge on any atom is -0.345 e. The van der Waals surface area contributed by atoms with E-state index in [2.05, 4.69) is 43.4 Å². The normalized spacial score (nSPS) is 17.6. The molecule has 1 amide bonds. The van der Waals surface area contributed by atoms with Crippen LogP contribution in [0.3, 0.4) is 0 Å². The maximum Gasteiger partial charge on any atom is 0.225 e. The Morgan fingerprint density at radius 2 is 1.90 bits per heavy atom. The molecule has 0 radical (unpaired) electrons. The van der Waals surface area contributed by atoms with Crippen LogP contribution in [0.25, 0.3) is 0 Å². The van der Waals surface area contributed by atoms with Crippen LogP contribution in [-0.4, -0.2) is 37.5 Å². The zero-order chi connectivity index (χ0) is 13.8. The van der Waals surface area contributed by atoms with E-state index >= 15 is 0 Å². The van der Waals surface area contributed by atoms with Gasteiger partial charge >= 0.3 is 0 Å². The van der Waals surface area contributed by atoms with Crippen LogP contribution in [0, 0.1) is 11.8 Å². The molecule has 1 saturated heterocycles. The molecule has 1 fully saturated rings. The summed E-state index contributed by atoms with van der Waals surface area (Å²) in [5.41, 5.74) is 1.29. The van der Waals surface area contributed by atoms with Crippen molar-refractivity contribution in [2.45, 2.75) is 19.8 Å². The summed E-state index contributed by atoms with van der Waals surface area (Å²) in [6.45, 7) is 6.98. The Morgan fingerprint density at radius 1 is 1.30 bits per heavy atom. The number of carbonyl (C=O) groups is 1. The molecule has 2 atom stereocenters. The number of hydrogen-bond acceptors (Lipinski definition) is 2. The molecular weight excluding hydrogens is 272 g/mol. The third kappa shape index (κ3) is 3.97. The van der Waals surface area contributed by atoms with Gasteiger partial charge in [0, 0.05) is 19.5 Å². The molecule has 2 rings (SSSR count). The van der Waals surface area contributed by atoms with Gasteiger partial charge in [-0.25, -0.2) is 0 Å². The highest BCUT2D eigenvalue weighted by molar-refractivity contribution is 5.85. The summed E-state index contributed by atoms with van der Waals surface area (Å²) in [6.07, 6.45) is 0. The van der Waals surface area contributed by atoms with Gasteiger partial charge in [-0.3, -0.25) is 4.79 Å². The number of nitrogens with one attached hydrogen (secondary N) is 1. The molecule has 20 heavy (non-hydrogen) atoms. The molecular formula is C16H25ClN2O. The summed E-state index contributed by atoms with van der Waals surface area (Å²) in [4.78, 5) is 14.2. The average molecular weight is 297 g/mol. The van der Waals surface area contributed by atoms with Gasteiger partial charge in [0.25, 0.3) is 0 Å². The zero-order valence-electron chi connectivity index (χ0n) is 12.5. The summed E-state index contributed by atoms with van der Waals surface area (Å²) in [7, 11) is 1.92. The molecule has 0 spiro atoms. The lowest BCUT2D eigenvalue weighted by Crippen LogP contribution is -2.50. The van der Waals surface area contributed by atoms with Gasteiger partial charge in [0.1, 0.15) is 0 Å². The summed E-state index contributed by atoms with van der Waals surface area (Å²) in [5, 5.41) is 3.23. The van der Waals surface area contributed by atoms with E-state index in [9.17, 15) is 4.79 Å². The molecule has 1 aliphatic rings. The van der Waals surface area contributed by atoms with Gasteiger partial charge in [0.05, 0.1) is 0 Å². The number of nitrogens with zero attached hydrogens (tertiary/aromatic N) is 1. The molecule has 0 bridgehead atoms. The summed E-state index contributed by atoms with van der Waals surface area (Å²) < 4.78 is 0. The number of halogens is 1. The molecule has 1 heterocycles. The smallest absolute Gasteiger partial charge is 0.225 e. The molecule has 0 aromatic heterocycles. The molecule has 112 valence electrons. The Labute approximate surface area is 128 Å². The quantitative estimate of drug-likeness (QED) is 0.905. The van der Waals surface area contributed by atoms with Crippen LogP contribution in [0.5, 0.6) is 0 Å². The first-order chi connectivity index (χ1) is 9.09. The second-order valence-electron chi connectivity index (χ2n) is 5.74. The Hall–Kier alpha value is -1.06. The van der Waals surface area contributed by atoms with Crippen LogP contribution in [-0.2, 0) is 4.79 Å². The summed E-state index contributed by atoms with van der Waals surface area (Å²) >= 11 is 0. The van der Waals surface area contributed by atoms with Gasteiger partial charge in [0.15, 0.2) is 0 Å². The molecule has 0 saturated carbocycles. The van der Waals surface area contributed by atoms with E-state index in [-0.39, 0.29) is 24.2 Å². The van der Waals surface area contributed by atoms with Crippen molar-refractivity contribution in [2.24, 2.45) is 11.8 Å². The molecule has 0 aliphatic carbocycles. The first kappa shape index (κ1) is 17.0. The van der Waals surface area contributed by atoms with E-state index in [0.29, 0.717) is 11.8 Å². The monoisotopic (exact) mass is 296 g/mol. The van der Waals surface area contributed by atoms with E-state index in [1.54, 1.807) is 0 Å². The second kappa shape index (κ2) is 7.65. The predicted molar refractivity (Wildman–Crippen MR) is 85.3 cm³/mol. The summed E-state index contributed by atoms with van der Waals surface area (Å²) in [6, 6.07) is 10.4. The SMILES string of the molecule is CC(CN(C)C(=O)C(C)C1CNC1)c1ccccc1.Cl. The summed E-state index contributed by atoms with van der Waals surface area (Å²) in [5.74, 6) is 1.30. The van der Waals surface area contributed by atoms with E-state index < -0.39 is 0 Å². The van der Waals surface area contributed by atoms with Crippen LogP contribution >= 0.6 is 12.4 Å². The lowest BCUT2D eigenvalue weighted by molar-refractivity contribution is -0.136. The molecule has 1 aromatic carbocycles. The lowest BCUT2D eigenvalue weighted by atomic mass is 9.87. The fourth-order valence-corrected chi connectivity index (χ4v) is 2.60. The largest absolute Gasteiger partial charge is 0.345 e. The maximum absolute atomic E-state index is 12.3. The Morgan fingerprint density at radius 3 is 2.40 bits per heavy atom. The van der Waals surface area contributed by atoms with Gasteiger partial charge in [-0.05, 0) is 30.5 Å². The highest BCUT2D eigenvalue weighted by atomic mass is 35.5. The van der Waals surface area contributed by atoms with Crippen LogP contribution in [0.2, 0.25) is 0 Å². The average Bonchev–Trinajstić information content (AvgIpc) is 2.36. The number of carbonyl (C=O) groups excluding carboxylic acids is 1. The number of rotatable bonds is 5. The zero-order valence-corrected chi connectivity index (χ0v) is 13.3. The minimum atomic E-state index is 0. The molecule has 3 nitrogen and oxygen atoms in total. The van der Waals surface area contributed by atoms with Crippen LogP contribution < -0.4 is 5.32 Å². The van der Waals surface area contributed by atoms with Crippen molar-refractivity contribution in [3.05, 3.63) is 35.9 Å². The van der Waals surface area contributed by atoms with Crippen LogP contribution in [0.4, 0.5) is 0 Å². The van der Waals surface area contributed by atoms with E-state index in [1.165, 1.54) is 5.56 Å². The van der Waals surface area contributed by atoms with E-state index in [1.807, 2.05) is 18.0 Å². The minimum absolute atomic E-state index is 0. The van der Waals surface area contributed by atoms with E-state index in [4.69, 9.17) is 0 Å². The third-order valence-electron chi connectivity index (χ3n) is 4.20. The third-order valence-corrected chi connectivity index (χ3v) is 4.20. The molecule has 1 aromatic rings. The van der Waals surface area contributed by atoms with Gasteiger partial charge in [0.2, 0.25) is 5.91 Å². The van der Waals surface area contributed by atoms with Crippen molar-refractivity contribution in [3.8, 4) is 0 Å². The first-order valence-corrected chi connectivity index (χ1v) is 7.10. The fourth-order valence-electron chi connectivity index (χ4n) is 2.60. The van der Waals surface area contributed by atoms with Gasteiger partial charge in [-0.2, -0.15) is 0 Å². The Bertz CT molecular complexity index is 420. The fraction of sp³-hybridized carbons (Fsp3) is 0.562. The molecule has 4 heteroatoms. The van der Waals surface area contributed by atoms with Crippen molar-refractivity contribution in [3.63, 3.8) is 0 Å². The Kier molecular flexibility index (Phi) is 6.50. The number of likely N-dealkylation sites (N-methyl/N-ethyl adjacent to an activating group) is 1. The van der Waals surface area contributed by atoms with Crippen molar-refractivity contribution < 1.29 is 4.79 Å². The Balaban J connectivity index is 0.00000200. The predicted octanol–water partition coefficient (Wildman–Crippen LogP) is 2.53. The van der Waals surface area contributed by atoms with Crippen molar-refractivity contribution in [2.75, 3.05) is 26.7 Å². The van der Waals surface area contributed by atoms with Crippen LogP contribution in [0.1, 0.15) is 25.3 Å². The first-order valence-electron chi connectivity index (χ1n) is 7.10. The number of amides is 1. The second-order valence-corrected chi connectivity index (χ2v) is 5.74. The van der Waals surface area contributed by atoms with E-state index in [0.717, 1.165) is 19.6 Å². The van der Waals surface area contributed by atoms with Gasteiger partial charge < -0.3 is 10.2 Å². The van der Waals surface area contributed by atoms with Crippen molar-refractivity contribution in [1.29, 1.82) is 0 Å². The number of benzene rings is 1. The molecule has 1 aliphatic heterocycles. The van der Waals surface area contributed by atoms with Crippen molar-refractivity contribution in [1.82, 2.24) is 10.2 Å². The number of hydrogen-bond donors (Lipinski definition) is 1. The van der Waals surface area contributed by atoms with Crippen LogP contribution in [0.15, 0.2) is 30.3 Å².